The van der Waals surface area contributed by atoms with E-state index in [1.165, 1.54) is 48.5 Å². The lowest BCUT2D eigenvalue weighted by Gasteiger charge is -2.17. The summed E-state index contributed by atoms with van der Waals surface area (Å²) in [5.74, 6) is -1.91. The number of hydrogen-bond donors (Lipinski definition) is 0. The van der Waals surface area contributed by atoms with Crippen molar-refractivity contribution in [2.24, 2.45) is 0 Å². The first kappa shape index (κ1) is 24.8. The third-order valence-electron chi connectivity index (χ3n) is 5.43. The van der Waals surface area contributed by atoms with Gasteiger partial charge in [-0.25, -0.2) is 19.2 Å². The highest BCUT2D eigenvalue weighted by Gasteiger charge is 2.51. The number of rotatable bonds is 8. The van der Waals surface area contributed by atoms with Gasteiger partial charge in [0.15, 0.2) is 12.2 Å². The van der Waals surface area contributed by atoms with E-state index >= 15 is 0 Å². The van der Waals surface area contributed by atoms with Crippen LogP contribution in [-0.4, -0.2) is 61.5 Å². The number of hydrogen-bond acceptors (Lipinski definition) is 10. The molecule has 0 radical (unpaired) electrons. The number of fused-ring (bicyclic) bond motifs is 1. The van der Waals surface area contributed by atoms with E-state index < -0.39 is 48.3 Å². The van der Waals surface area contributed by atoms with Crippen molar-refractivity contribution < 1.29 is 47.6 Å². The molecule has 10 heteroatoms. The van der Waals surface area contributed by atoms with Gasteiger partial charge in [-0.05, 0) is 48.5 Å². The van der Waals surface area contributed by atoms with E-state index in [2.05, 4.69) is 13.2 Å². The van der Waals surface area contributed by atoms with Crippen molar-refractivity contribution in [1.82, 2.24) is 0 Å². The minimum absolute atomic E-state index is 0.0769. The van der Waals surface area contributed by atoms with Crippen LogP contribution in [0.4, 0.5) is 0 Å². The summed E-state index contributed by atoms with van der Waals surface area (Å²) in [6, 6.07) is 11.7. The third kappa shape index (κ3) is 5.68. The van der Waals surface area contributed by atoms with Crippen molar-refractivity contribution in [2.45, 2.75) is 24.4 Å². The molecule has 0 spiro atoms. The second-order valence-electron chi connectivity index (χ2n) is 7.78. The summed E-state index contributed by atoms with van der Waals surface area (Å²) in [7, 11) is 0. The molecule has 4 atom stereocenters. The van der Waals surface area contributed by atoms with Crippen molar-refractivity contribution in [1.29, 1.82) is 0 Å². The fourth-order valence-electron chi connectivity index (χ4n) is 3.68. The Labute approximate surface area is 206 Å². The number of carbonyl (C=O) groups excluding carboxylic acids is 4. The average molecular weight is 494 g/mol. The lowest BCUT2D eigenvalue weighted by Crippen LogP contribution is -2.36. The monoisotopic (exact) mass is 494 g/mol. The van der Waals surface area contributed by atoms with E-state index in [4.69, 9.17) is 28.4 Å². The van der Waals surface area contributed by atoms with E-state index in [0.717, 1.165) is 12.2 Å². The molecule has 0 N–H and O–H groups in total. The fraction of sp³-hybridized carbons (Fsp3) is 0.231. The van der Waals surface area contributed by atoms with Gasteiger partial charge in [-0.2, -0.15) is 0 Å². The van der Waals surface area contributed by atoms with Gasteiger partial charge in [0.05, 0.1) is 24.3 Å². The van der Waals surface area contributed by atoms with Crippen LogP contribution in [0.1, 0.15) is 20.7 Å². The Morgan fingerprint density at radius 1 is 0.667 bits per heavy atom. The Morgan fingerprint density at radius 3 is 1.36 bits per heavy atom. The highest BCUT2D eigenvalue weighted by atomic mass is 16.7. The first-order valence-corrected chi connectivity index (χ1v) is 10.9. The van der Waals surface area contributed by atoms with Gasteiger partial charge in [0, 0.05) is 12.2 Å². The maximum Gasteiger partial charge on any atom is 0.338 e. The minimum atomic E-state index is -0.691. The molecule has 2 heterocycles. The molecule has 2 saturated heterocycles. The molecule has 2 aromatic carbocycles. The first-order valence-electron chi connectivity index (χ1n) is 10.9. The van der Waals surface area contributed by atoms with Gasteiger partial charge < -0.3 is 28.4 Å². The van der Waals surface area contributed by atoms with Gasteiger partial charge in [0.1, 0.15) is 23.7 Å². The van der Waals surface area contributed by atoms with Crippen LogP contribution < -0.4 is 9.47 Å². The Balaban J connectivity index is 1.30. The van der Waals surface area contributed by atoms with E-state index in [9.17, 15) is 19.2 Å². The zero-order valence-corrected chi connectivity index (χ0v) is 19.0. The summed E-state index contributed by atoms with van der Waals surface area (Å²) in [5.41, 5.74) is 0.500. The van der Waals surface area contributed by atoms with Gasteiger partial charge >= 0.3 is 23.9 Å². The summed E-state index contributed by atoms with van der Waals surface area (Å²) < 4.78 is 32.5. The van der Waals surface area contributed by atoms with E-state index in [1.807, 2.05) is 0 Å². The summed E-state index contributed by atoms with van der Waals surface area (Å²) in [4.78, 5) is 47.6. The molecule has 10 nitrogen and oxygen atoms in total. The van der Waals surface area contributed by atoms with Crippen LogP contribution in [0, 0.1) is 0 Å². The van der Waals surface area contributed by atoms with Crippen molar-refractivity contribution in [3.8, 4) is 11.5 Å². The van der Waals surface area contributed by atoms with Gasteiger partial charge in [-0.15, -0.1) is 0 Å². The van der Waals surface area contributed by atoms with E-state index in [1.54, 1.807) is 0 Å². The summed E-state index contributed by atoms with van der Waals surface area (Å²) in [6.07, 6.45) is -0.513. The van der Waals surface area contributed by atoms with Crippen LogP contribution in [0.3, 0.4) is 0 Å². The summed E-state index contributed by atoms with van der Waals surface area (Å²) >= 11 is 0. The Kier molecular flexibility index (Phi) is 7.57. The molecule has 4 rings (SSSR count). The molecular formula is C26H22O10. The standard InChI is InChI=1S/C26H22O10/c1-3-21(27)33-17-9-5-15(6-10-17)25(29)35-19-13-31-24-20(14-32-23(19)24)36-26(30)16-7-11-18(12-8-16)34-22(28)4-2/h3-12,19-20,23-24H,1-2,13-14H2/t19-,20-,23+,24+/m1/s1. The number of ether oxygens (including phenoxy) is 6. The Bertz CT molecular complexity index is 1070. The first-order chi connectivity index (χ1) is 17.4. The predicted octanol–water partition coefficient (Wildman–Crippen LogP) is 2.42. The van der Waals surface area contributed by atoms with Gasteiger partial charge in [-0.1, -0.05) is 13.2 Å². The zero-order valence-electron chi connectivity index (χ0n) is 19.0. The van der Waals surface area contributed by atoms with Crippen molar-refractivity contribution in [3.05, 3.63) is 85.0 Å². The molecule has 2 fully saturated rings. The second-order valence-corrected chi connectivity index (χ2v) is 7.78. The molecule has 0 aliphatic carbocycles. The smallest absolute Gasteiger partial charge is 0.338 e. The summed E-state index contributed by atoms with van der Waals surface area (Å²) in [5, 5.41) is 0. The molecule has 0 aromatic heterocycles. The van der Waals surface area contributed by atoms with E-state index in [0.29, 0.717) is 0 Å². The largest absolute Gasteiger partial charge is 0.453 e. The maximum atomic E-state index is 12.6. The molecular weight excluding hydrogens is 472 g/mol. The Hall–Kier alpha value is -4.28. The topological polar surface area (TPSA) is 124 Å². The van der Waals surface area contributed by atoms with Crippen molar-refractivity contribution >= 4 is 23.9 Å². The molecule has 2 aromatic rings. The highest BCUT2D eigenvalue weighted by Crippen LogP contribution is 2.31. The quantitative estimate of drug-likeness (QED) is 0.307. The lowest BCUT2D eigenvalue weighted by atomic mass is 10.1. The van der Waals surface area contributed by atoms with Gasteiger partial charge in [0.2, 0.25) is 0 Å². The predicted molar refractivity (Wildman–Crippen MR) is 122 cm³/mol. The van der Waals surface area contributed by atoms with Crippen LogP contribution in [0.5, 0.6) is 11.5 Å². The van der Waals surface area contributed by atoms with Crippen molar-refractivity contribution in [3.63, 3.8) is 0 Å². The molecule has 0 bridgehead atoms. The van der Waals surface area contributed by atoms with Gasteiger partial charge in [-0.3, -0.25) is 0 Å². The van der Waals surface area contributed by atoms with Crippen LogP contribution >= 0.6 is 0 Å². The average Bonchev–Trinajstić information content (AvgIpc) is 3.47. The highest BCUT2D eigenvalue weighted by molar-refractivity contribution is 5.90. The number of carbonyl (C=O) groups is 4. The van der Waals surface area contributed by atoms with Gasteiger partial charge in [0.25, 0.3) is 0 Å². The SMILES string of the molecule is C=CC(=O)Oc1ccc(C(=O)O[C@@H]2CO[C@@H]3[C@H]2OC[C@H]3OC(=O)c2ccc(OC(=O)C=C)cc2)cc1. The van der Waals surface area contributed by atoms with Crippen LogP contribution in [0.15, 0.2) is 73.8 Å². The number of benzene rings is 2. The lowest BCUT2D eigenvalue weighted by molar-refractivity contribution is -0.129. The molecule has 0 saturated carbocycles. The third-order valence-corrected chi connectivity index (χ3v) is 5.43. The fourth-order valence-corrected chi connectivity index (χ4v) is 3.68. The number of esters is 4. The molecule has 0 unspecified atom stereocenters. The molecule has 0 amide bonds. The second kappa shape index (κ2) is 11.0. The van der Waals surface area contributed by atoms with E-state index in [-0.39, 0.29) is 35.8 Å². The normalized spacial score (nSPS) is 22.1. The van der Waals surface area contributed by atoms with Crippen molar-refractivity contribution in [2.75, 3.05) is 13.2 Å². The van der Waals surface area contributed by atoms with Crippen LogP contribution in [0.2, 0.25) is 0 Å². The van der Waals surface area contributed by atoms with Crippen LogP contribution in [0.25, 0.3) is 0 Å². The summed E-state index contributed by atoms with van der Waals surface area (Å²) in [6.45, 7) is 6.79. The maximum absolute atomic E-state index is 12.6. The molecule has 186 valence electrons. The van der Waals surface area contributed by atoms with Crippen LogP contribution in [-0.2, 0) is 28.5 Å². The molecule has 2 aliphatic rings. The minimum Gasteiger partial charge on any atom is -0.453 e. The zero-order chi connectivity index (χ0) is 25.7. The Morgan fingerprint density at radius 2 is 1.03 bits per heavy atom. The molecule has 36 heavy (non-hydrogen) atoms. The molecule has 2 aliphatic heterocycles.